The quantitative estimate of drug-likeness (QED) is 0.814. The van der Waals surface area contributed by atoms with Crippen molar-refractivity contribution in [3.05, 3.63) is 64.7 Å². The lowest BCUT2D eigenvalue weighted by Gasteiger charge is -2.21. The number of hydrogen-bond donors (Lipinski definition) is 2. The lowest BCUT2D eigenvalue weighted by atomic mass is 10.1. The van der Waals surface area contributed by atoms with Crippen LogP contribution in [0.15, 0.2) is 48.5 Å². The van der Waals surface area contributed by atoms with Gasteiger partial charge in [0.2, 0.25) is 5.91 Å². The van der Waals surface area contributed by atoms with Crippen LogP contribution in [0.5, 0.6) is 0 Å². The third kappa shape index (κ3) is 4.81. The Morgan fingerprint density at radius 3 is 2.35 bits per heavy atom. The Labute approximate surface area is 143 Å². The highest BCUT2D eigenvalue weighted by Crippen LogP contribution is 2.22. The molecule has 0 bridgehead atoms. The van der Waals surface area contributed by atoms with Crippen LogP contribution in [-0.2, 0) is 11.2 Å². The van der Waals surface area contributed by atoms with E-state index in [-0.39, 0.29) is 18.0 Å². The number of anilines is 1. The zero-order valence-electron chi connectivity index (χ0n) is 13.8. The van der Waals surface area contributed by atoms with Crippen molar-refractivity contribution in [3.8, 4) is 0 Å². The van der Waals surface area contributed by atoms with Crippen LogP contribution in [0.25, 0.3) is 0 Å². The monoisotopic (exact) mass is 330 g/mol. The zero-order chi connectivity index (χ0) is 16.8. The minimum atomic E-state index is -0.327. The molecule has 0 radical (unpaired) electrons. The van der Waals surface area contributed by atoms with Gasteiger partial charge in [0, 0.05) is 16.8 Å². The molecule has 0 heterocycles. The van der Waals surface area contributed by atoms with E-state index in [9.17, 15) is 4.79 Å². The highest BCUT2D eigenvalue weighted by atomic mass is 35.5. The molecule has 0 fully saturated rings. The van der Waals surface area contributed by atoms with E-state index < -0.39 is 0 Å². The predicted octanol–water partition coefficient (Wildman–Crippen LogP) is 4.58. The van der Waals surface area contributed by atoms with Gasteiger partial charge in [-0.15, -0.1) is 0 Å². The first-order chi connectivity index (χ1) is 11.0. The van der Waals surface area contributed by atoms with E-state index in [1.165, 1.54) is 5.56 Å². The fourth-order valence-electron chi connectivity index (χ4n) is 2.44. The molecule has 0 saturated heterocycles. The highest BCUT2D eigenvalue weighted by Gasteiger charge is 2.17. The molecular formula is C19H23ClN2O. The minimum absolute atomic E-state index is 0.00748. The van der Waals surface area contributed by atoms with Crippen molar-refractivity contribution < 1.29 is 4.79 Å². The number of benzene rings is 2. The molecule has 23 heavy (non-hydrogen) atoms. The van der Waals surface area contributed by atoms with E-state index in [0.29, 0.717) is 5.02 Å². The molecule has 0 saturated carbocycles. The van der Waals surface area contributed by atoms with Crippen molar-refractivity contribution in [3.63, 3.8) is 0 Å². The second-order valence-corrected chi connectivity index (χ2v) is 6.08. The molecular weight excluding hydrogens is 308 g/mol. The number of carbonyl (C=O) groups excluding carboxylic acids is 1. The van der Waals surface area contributed by atoms with Gasteiger partial charge in [-0.05, 0) is 49.6 Å². The summed E-state index contributed by atoms with van der Waals surface area (Å²) in [4.78, 5) is 12.3. The van der Waals surface area contributed by atoms with E-state index in [4.69, 9.17) is 11.6 Å². The lowest BCUT2D eigenvalue weighted by molar-refractivity contribution is -0.117. The predicted molar refractivity (Wildman–Crippen MR) is 96.9 cm³/mol. The van der Waals surface area contributed by atoms with Gasteiger partial charge in [-0.1, -0.05) is 48.9 Å². The van der Waals surface area contributed by atoms with Gasteiger partial charge in [-0.3, -0.25) is 10.1 Å². The van der Waals surface area contributed by atoms with Crippen molar-refractivity contribution in [1.82, 2.24) is 5.32 Å². The van der Waals surface area contributed by atoms with Crippen LogP contribution >= 0.6 is 11.6 Å². The molecule has 0 aromatic heterocycles. The van der Waals surface area contributed by atoms with Gasteiger partial charge in [-0.2, -0.15) is 0 Å². The molecule has 0 aliphatic carbocycles. The number of halogens is 1. The normalized spacial score (nSPS) is 13.4. The summed E-state index contributed by atoms with van der Waals surface area (Å²) in [6.45, 7) is 5.96. The number of carbonyl (C=O) groups is 1. The summed E-state index contributed by atoms with van der Waals surface area (Å²) in [5.41, 5.74) is 3.05. The third-order valence-corrected chi connectivity index (χ3v) is 4.24. The average molecular weight is 331 g/mol. The average Bonchev–Trinajstić information content (AvgIpc) is 2.55. The minimum Gasteiger partial charge on any atom is -0.325 e. The second-order valence-electron chi connectivity index (χ2n) is 5.67. The van der Waals surface area contributed by atoms with Gasteiger partial charge in [-0.25, -0.2) is 0 Å². The van der Waals surface area contributed by atoms with Crippen LogP contribution in [0, 0.1) is 0 Å². The molecule has 1 amide bonds. The molecule has 0 aliphatic heterocycles. The van der Waals surface area contributed by atoms with Crippen LogP contribution in [0.2, 0.25) is 5.02 Å². The molecule has 0 spiro atoms. The number of nitrogens with one attached hydrogen (secondary N) is 2. The summed E-state index contributed by atoms with van der Waals surface area (Å²) < 4.78 is 0. The number of amides is 1. The summed E-state index contributed by atoms with van der Waals surface area (Å²) in [5.74, 6) is -0.0619. The Morgan fingerprint density at radius 2 is 1.74 bits per heavy atom. The Morgan fingerprint density at radius 1 is 1.09 bits per heavy atom. The van der Waals surface area contributed by atoms with Gasteiger partial charge in [0.1, 0.15) is 0 Å². The summed E-state index contributed by atoms with van der Waals surface area (Å²) in [7, 11) is 0. The molecule has 122 valence electrons. The van der Waals surface area contributed by atoms with Crippen LogP contribution in [-0.4, -0.2) is 11.9 Å². The van der Waals surface area contributed by atoms with Crippen molar-refractivity contribution in [2.24, 2.45) is 0 Å². The summed E-state index contributed by atoms with van der Waals surface area (Å²) in [6, 6.07) is 15.2. The molecule has 3 nitrogen and oxygen atoms in total. The van der Waals surface area contributed by atoms with Crippen molar-refractivity contribution in [2.45, 2.75) is 39.3 Å². The van der Waals surface area contributed by atoms with Gasteiger partial charge in [0.05, 0.1) is 6.04 Å². The Kier molecular flexibility index (Phi) is 6.20. The van der Waals surface area contributed by atoms with Crippen LogP contribution in [0.1, 0.15) is 37.9 Å². The third-order valence-electron chi connectivity index (χ3n) is 3.89. The van der Waals surface area contributed by atoms with E-state index in [2.05, 4.69) is 17.6 Å². The number of aryl methyl sites for hydroxylation is 1. The smallest absolute Gasteiger partial charge is 0.241 e. The molecule has 4 heteroatoms. The van der Waals surface area contributed by atoms with Crippen molar-refractivity contribution >= 4 is 23.2 Å². The lowest BCUT2D eigenvalue weighted by Crippen LogP contribution is -2.39. The van der Waals surface area contributed by atoms with Gasteiger partial charge < -0.3 is 5.32 Å². The number of hydrogen-bond acceptors (Lipinski definition) is 2. The van der Waals surface area contributed by atoms with Gasteiger partial charge >= 0.3 is 0 Å². The van der Waals surface area contributed by atoms with E-state index >= 15 is 0 Å². The first-order valence-corrected chi connectivity index (χ1v) is 8.29. The fourth-order valence-corrected chi connectivity index (χ4v) is 2.74. The number of rotatable bonds is 6. The maximum atomic E-state index is 12.3. The van der Waals surface area contributed by atoms with Crippen LogP contribution in [0.3, 0.4) is 0 Å². The van der Waals surface area contributed by atoms with E-state index in [0.717, 1.165) is 17.7 Å². The van der Waals surface area contributed by atoms with Gasteiger partial charge in [0.25, 0.3) is 0 Å². The SMILES string of the molecule is CCc1ccc(NC(=O)[C@@H](C)N[C@@H](C)c2ccccc2Cl)cc1. The topological polar surface area (TPSA) is 41.1 Å². The molecule has 2 aromatic carbocycles. The molecule has 2 rings (SSSR count). The Balaban J connectivity index is 1.95. The molecule has 2 atom stereocenters. The first kappa shape index (κ1) is 17.5. The van der Waals surface area contributed by atoms with Crippen LogP contribution < -0.4 is 10.6 Å². The molecule has 2 N–H and O–H groups in total. The molecule has 2 aromatic rings. The summed E-state index contributed by atoms with van der Waals surface area (Å²) >= 11 is 6.20. The molecule has 0 aliphatic rings. The van der Waals surface area contributed by atoms with Gasteiger partial charge in [0.15, 0.2) is 0 Å². The standard InChI is InChI=1S/C19H23ClN2O/c1-4-15-9-11-16(12-10-15)22-19(23)14(3)21-13(2)17-7-5-6-8-18(17)20/h5-14,21H,4H2,1-3H3,(H,22,23)/t13-,14+/m0/s1. The Bertz CT molecular complexity index is 655. The summed E-state index contributed by atoms with van der Waals surface area (Å²) in [5, 5.41) is 6.92. The van der Waals surface area contributed by atoms with E-state index in [1.807, 2.05) is 62.4 Å². The molecule has 0 unspecified atom stereocenters. The second kappa shape index (κ2) is 8.14. The maximum Gasteiger partial charge on any atom is 0.241 e. The highest BCUT2D eigenvalue weighted by molar-refractivity contribution is 6.31. The zero-order valence-corrected chi connectivity index (χ0v) is 14.5. The summed E-state index contributed by atoms with van der Waals surface area (Å²) in [6.07, 6.45) is 0.988. The van der Waals surface area contributed by atoms with Crippen molar-refractivity contribution in [2.75, 3.05) is 5.32 Å². The maximum absolute atomic E-state index is 12.3. The largest absolute Gasteiger partial charge is 0.325 e. The fraction of sp³-hybridized carbons (Fsp3) is 0.316. The van der Waals surface area contributed by atoms with Crippen molar-refractivity contribution in [1.29, 1.82) is 0 Å². The van der Waals surface area contributed by atoms with E-state index in [1.54, 1.807) is 0 Å². The first-order valence-electron chi connectivity index (χ1n) is 7.91. The Hall–Kier alpha value is -1.84. The van der Waals surface area contributed by atoms with Crippen LogP contribution in [0.4, 0.5) is 5.69 Å².